The van der Waals surface area contributed by atoms with Crippen molar-refractivity contribution in [3.8, 4) is 6.07 Å². The zero-order chi connectivity index (χ0) is 14.6. The van der Waals surface area contributed by atoms with Crippen LogP contribution in [0, 0.1) is 28.4 Å². The first kappa shape index (κ1) is 14.9. The largest absolute Gasteiger partial charge is 0.293 e. The third-order valence-electron chi connectivity index (χ3n) is 2.49. The molecule has 0 heterocycles. The van der Waals surface area contributed by atoms with E-state index in [4.69, 9.17) is 5.26 Å². The normalized spacial score (nSPS) is 12.5. The molecule has 8 heteroatoms. The smallest absolute Gasteiger partial charge is 0.276 e. The van der Waals surface area contributed by atoms with E-state index in [9.17, 15) is 18.5 Å². The van der Waals surface area contributed by atoms with Crippen LogP contribution >= 0.6 is 0 Å². The fourth-order valence-electron chi connectivity index (χ4n) is 1.48. The number of nitriles is 1. The Kier molecular flexibility index (Phi) is 4.45. The molecule has 0 radical (unpaired) electrons. The minimum absolute atomic E-state index is 0.103. The summed E-state index contributed by atoms with van der Waals surface area (Å²) < 4.78 is 25.8. The van der Waals surface area contributed by atoms with Gasteiger partial charge in [0.2, 0.25) is 10.0 Å². The summed E-state index contributed by atoms with van der Waals surface area (Å²) in [5.74, 6) is 0. The van der Waals surface area contributed by atoms with Crippen LogP contribution in [0.1, 0.15) is 18.9 Å². The Morgan fingerprint density at radius 2 is 2.16 bits per heavy atom. The van der Waals surface area contributed by atoms with E-state index >= 15 is 0 Å². The van der Waals surface area contributed by atoms with Gasteiger partial charge in [0.1, 0.15) is 5.69 Å². The van der Waals surface area contributed by atoms with E-state index in [1.54, 1.807) is 26.0 Å². The summed E-state index contributed by atoms with van der Waals surface area (Å²) in [5.41, 5.74) is 0.169. The van der Waals surface area contributed by atoms with Gasteiger partial charge >= 0.3 is 0 Å². The first-order valence-electron chi connectivity index (χ1n) is 5.48. The molecule has 102 valence electrons. The minimum atomic E-state index is -3.96. The second-order valence-electron chi connectivity index (χ2n) is 3.95. The van der Waals surface area contributed by atoms with E-state index in [1.165, 1.54) is 12.1 Å². The Bertz CT molecular complexity index is 634. The number of hydrogen-bond donors (Lipinski definition) is 1. The molecule has 0 aliphatic heterocycles. The monoisotopic (exact) mass is 283 g/mol. The highest BCUT2D eigenvalue weighted by Gasteiger charge is 2.26. The second-order valence-corrected chi connectivity index (χ2v) is 5.81. The molecule has 1 aromatic carbocycles. The van der Waals surface area contributed by atoms with Gasteiger partial charge in [0.05, 0.1) is 11.0 Å². The average molecular weight is 283 g/mol. The van der Waals surface area contributed by atoms with Gasteiger partial charge in [-0.05, 0) is 25.0 Å². The highest BCUT2D eigenvalue weighted by Crippen LogP contribution is 2.27. The van der Waals surface area contributed by atoms with Crippen LogP contribution < -0.4 is 4.72 Å². The number of hydrogen-bond acceptors (Lipinski definition) is 5. The van der Waals surface area contributed by atoms with Gasteiger partial charge in [-0.3, -0.25) is 14.8 Å². The summed E-state index contributed by atoms with van der Waals surface area (Å²) in [6.45, 7) is 3.21. The average Bonchev–Trinajstić information content (AvgIpc) is 2.32. The molecule has 7 nitrogen and oxygen atoms in total. The van der Waals surface area contributed by atoms with Crippen LogP contribution in [0.25, 0.3) is 0 Å². The topological polar surface area (TPSA) is 113 Å². The van der Waals surface area contributed by atoms with E-state index in [1.807, 2.05) is 0 Å². The van der Waals surface area contributed by atoms with Crippen LogP contribution in [0.4, 0.5) is 11.4 Å². The van der Waals surface area contributed by atoms with Crippen molar-refractivity contribution < 1.29 is 13.3 Å². The van der Waals surface area contributed by atoms with Crippen LogP contribution in [0.5, 0.6) is 0 Å². The molecule has 1 N–H and O–H groups in total. The third-order valence-corrected chi connectivity index (χ3v) is 4.18. The fraction of sp³-hybridized carbons (Fsp3) is 0.364. The van der Waals surface area contributed by atoms with Gasteiger partial charge in [0.25, 0.3) is 5.69 Å². The van der Waals surface area contributed by atoms with Gasteiger partial charge in [-0.2, -0.15) is 5.26 Å². The number of nitrogens with zero attached hydrogens (tertiary/aromatic N) is 2. The minimum Gasteiger partial charge on any atom is -0.276 e. The van der Waals surface area contributed by atoms with E-state index in [-0.39, 0.29) is 17.8 Å². The van der Waals surface area contributed by atoms with Crippen molar-refractivity contribution in [3.05, 3.63) is 33.9 Å². The highest BCUT2D eigenvalue weighted by atomic mass is 32.2. The quantitative estimate of drug-likeness (QED) is 0.655. The molecule has 19 heavy (non-hydrogen) atoms. The number of benzene rings is 1. The van der Waals surface area contributed by atoms with Gasteiger partial charge in [0.15, 0.2) is 5.25 Å². The maximum absolute atomic E-state index is 11.9. The highest BCUT2D eigenvalue weighted by molar-refractivity contribution is 7.93. The predicted molar refractivity (Wildman–Crippen MR) is 70.1 cm³/mol. The molecule has 1 unspecified atom stereocenters. The molecule has 0 aliphatic carbocycles. The number of anilines is 1. The van der Waals surface area contributed by atoms with Crippen molar-refractivity contribution in [2.24, 2.45) is 0 Å². The zero-order valence-corrected chi connectivity index (χ0v) is 11.3. The standard InChI is InChI=1S/C11H13N3O4S/c1-3-9(7-12)19(17,18)13-10-5-4-8(2)6-11(10)14(15)16/h4-6,9,13H,3H2,1-2H3. The van der Waals surface area contributed by atoms with Gasteiger partial charge in [0, 0.05) is 6.07 Å². The van der Waals surface area contributed by atoms with E-state index in [0.29, 0.717) is 5.56 Å². The molecule has 1 atom stereocenters. The molecular weight excluding hydrogens is 270 g/mol. The molecule has 0 saturated heterocycles. The van der Waals surface area contributed by atoms with Crippen LogP contribution in [0.2, 0.25) is 0 Å². The number of sulfonamides is 1. The number of rotatable bonds is 5. The van der Waals surface area contributed by atoms with Crippen molar-refractivity contribution in [1.29, 1.82) is 5.26 Å². The Balaban J connectivity index is 3.21. The summed E-state index contributed by atoms with van der Waals surface area (Å²) in [4.78, 5) is 10.2. The maximum Gasteiger partial charge on any atom is 0.293 e. The maximum atomic E-state index is 11.9. The zero-order valence-electron chi connectivity index (χ0n) is 10.5. The molecule has 0 bridgehead atoms. The first-order valence-corrected chi connectivity index (χ1v) is 7.02. The Morgan fingerprint density at radius 1 is 1.53 bits per heavy atom. The van der Waals surface area contributed by atoms with Crippen molar-refractivity contribution >= 4 is 21.4 Å². The van der Waals surface area contributed by atoms with E-state index < -0.39 is 20.2 Å². The predicted octanol–water partition coefficient (Wildman–Crippen LogP) is 1.95. The summed E-state index contributed by atoms with van der Waals surface area (Å²) in [6, 6.07) is 5.79. The summed E-state index contributed by atoms with van der Waals surface area (Å²) in [5, 5.41) is 18.4. The van der Waals surface area contributed by atoms with Gasteiger partial charge in [-0.1, -0.05) is 13.0 Å². The van der Waals surface area contributed by atoms with Crippen molar-refractivity contribution in [2.75, 3.05) is 4.72 Å². The molecule has 1 aromatic rings. The molecule has 0 amide bonds. The Labute approximate surface area is 111 Å². The molecule has 0 aliphatic rings. The third kappa shape index (κ3) is 3.42. The lowest BCUT2D eigenvalue weighted by atomic mass is 10.2. The number of nitro groups is 1. The van der Waals surface area contributed by atoms with Crippen LogP contribution in [-0.2, 0) is 10.0 Å². The van der Waals surface area contributed by atoms with Crippen molar-refractivity contribution in [1.82, 2.24) is 0 Å². The summed E-state index contributed by atoms with van der Waals surface area (Å²) in [6.07, 6.45) is 0.103. The van der Waals surface area contributed by atoms with E-state index in [2.05, 4.69) is 4.72 Å². The van der Waals surface area contributed by atoms with Crippen molar-refractivity contribution in [2.45, 2.75) is 25.5 Å². The Hall–Kier alpha value is -2.14. The molecule has 0 saturated carbocycles. The summed E-state index contributed by atoms with van der Waals surface area (Å²) >= 11 is 0. The van der Waals surface area contributed by atoms with Gasteiger partial charge in [-0.15, -0.1) is 0 Å². The molecular formula is C11H13N3O4S. The molecule has 0 aromatic heterocycles. The number of aryl methyl sites for hydroxylation is 1. The van der Waals surface area contributed by atoms with Crippen LogP contribution in [0.3, 0.4) is 0 Å². The lowest BCUT2D eigenvalue weighted by molar-refractivity contribution is -0.383. The first-order chi connectivity index (χ1) is 8.81. The van der Waals surface area contributed by atoms with Crippen molar-refractivity contribution in [3.63, 3.8) is 0 Å². The molecule has 0 spiro atoms. The Morgan fingerprint density at radius 3 is 2.63 bits per heavy atom. The fourth-order valence-corrected chi connectivity index (χ4v) is 2.68. The lowest BCUT2D eigenvalue weighted by Gasteiger charge is -2.11. The van der Waals surface area contributed by atoms with E-state index in [0.717, 1.165) is 0 Å². The molecule has 0 fully saturated rings. The number of nitro benzene ring substituents is 1. The van der Waals surface area contributed by atoms with Crippen LogP contribution in [-0.4, -0.2) is 18.6 Å². The van der Waals surface area contributed by atoms with Gasteiger partial charge < -0.3 is 0 Å². The van der Waals surface area contributed by atoms with Gasteiger partial charge in [-0.25, -0.2) is 8.42 Å². The molecule has 1 rings (SSSR count). The van der Waals surface area contributed by atoms with Crippen LogP contribution in [0.15, 0.2) is 18.2 Å². The number of nitrogens with one attached hydrogen (secondary N) is 1. The SMILES string of the molecule is CCC(C#N)S(=O)(=O)Nc1ccc(C)cc1[N+](=O)[O-]. The second kappa shape index (κ2) is 5.67. The summed E-state index contributed by atoms with van der Waals surface area (Å²) in [7, 11) is -3.96. The lowest BCUT2D eigenvalue weighted by Crippen LogP contribution is -2.26.